The van der Waals surface area contributed by atoms with Crippen molar-refractivity contribution in [1.82, 2.24) is 10.3 Å². The Hall–Kier alpha value is -4.47. The Morgan fingerprint density at radius 2 is 1.89 bits per heavy atom. The van der Waals surface area contributed by atoms with E-state index >= 15 is 0 Å². The van der Waals surface area contributed by atoms with Crippen LogP contribution >= 0.6 is 0 Å². The van der Waals surface area contributed by atoms with Gasteiger partial charge in [0.1, 0.15) is 17.2 Å². The first kappa shape index (κ1) is 23.7. The summed E-state index contributed by atoms with van der Waals surface area (Å²) in [4.78, 5) is 27.3. The fourth-order valence-electron chi connectivity index (χ4n) is 3.32. The van der Waals surface area contributed by atoms with Crippen LogP contribution in [0, 0.1) is 11.6 Å². The number of ether oxygens (including phenoxy) is 3. The minimum atomic E-state index is -1.09. The highest BCUT2D eigenvalue weighted by Gasteiger charge is 2.25. The van der Waals surface area contributed by atoms with Crippen molar-refractivity contribution in [3.8, 4) is 5.88 Å². The van der Waals surface area contributed by atoms with E-state index < -0.39 is 29.8 Å². The summed E-state index contributed by atoms with van der Waals surface area (Å²) in [6.07, 6.45) is 1.59. The number of rotatable bonds is 9. The smallest absolute Gasteiger partial charge is 0.325 e. The largest absolute Gasteiger partial charge is 0.481 e. The van der Waals surface area contributed by atoms with Gasteiger partial charge in [0.2, 0.25) is 12.2 Å². The van der Waals surface area contributed by atoms with Crippen LogP contribution in [0.3, 0.4) is 0 Å². The van der Waals surface area contributed by atoms with Gasteiger partial charge in [-0.25, -0.2) is 13.8 Å². The molecule has 0 fully saturated rings. The predicted molar refractivity (Wildman–Crippen MR) is 118 cm³/mol. The van der Waals surface area contributed by atoms with Crippen LogP contribution < -0.4 is 10.1 Å². The van der Waals surface area contributed by atoms with Crippen molar-refractivity contribution in [3.05, 3.63) is 107 Å². The summed E-state index contributed by atoms with van der Waals surface area (Å²) in [6.45, 7) is -0.227. The molecule has 35 heavy (non-hydrogen) atoms. The lowest BCUT2D eigenvalue weighted by atomic mass is 10.1. The fourth-order valence-corrected chi connectivity index (χ4v) is 3.32. The number of pyridine rings is 1. The minimum absolute atomic E-state index is 0.0563. The van der Waals surface area contributed by atoms with Gasteiger partial charge in [-0.3, -0.25) is 9.59 Å². The maximum Gasteiger partial charge on any atom is 0.325 e. The standard InChI is InChI=1S/C25H20F2N2O6/c26-18-11-19(24(32)28-12-17-7-6-16(8-20(17)27)9-21(30)31)25(29-13-18)35-23-14-33-22(34-23)10-15-4-2-1-3-5-15/h1-8,11,13-14,22H,9-10,12H2,(H,28,32)(H,30,31). The van der Waals surface area contributed by atoms with E-state index in [0.717, 1.165) is 23.9 Å². The molecule has 1 aromatic heterocycles. The van der Waals surface area contributed by atoms with Crippen LogP contribution in [0.5, 0.6) is 5.88 Å². The van der Waals surface area contributed by atoms with Crippen LogP contribution in [-0.4, -0.2) is 28.3 Å². The van der Waals surface area contributed by atoms with Gasteiger partial charge in [-0.1, -0.05) is 42.5 Å². The highest BCUT2D eigenvalue weighted by atomic mass is 19.1. The molecule has 4 rings (SSSR count). The van der Waals surface area contributed by atoms with E-state index in [2.05, 4.69) is 10.3 Å². The molecule has 1 amide bonds. The summed E-state index contributed by atoms with van der Waals surface area (Å²) < 4.78 is 44.6. The van der Waals surface area contributed by atoms with E-state index in [0.29, 0.717) is 6.42 Å². The number of carbonyl (C=O) groups is 2. The van der Waals surface area contributed by atoms with Crippen molar-refractivity contribution in [1.29, 1.82) is 0 Å². The number of nitrogens with zero attached hydrogens (tertiary/aromatic N) is 1. The number of halogens is 2. The van der Waals surface area contributed by atoms with Crippen molar-refractivity contribution < 1.29 is 37.7 Å². The second kappa shape index (κ2) is 10.6. The van der Waals surface area contributed by atoms with Gasteiger partial charge < -0.3 is 24.6 Å². The monoisotopic (exact) mass is 482 g/mol. The molecular weight excluding hydrogens is 462 g/mol. The summed E-state index contributed by atoms with van der Waals surface area (Å²) in [5, 5.41) is 11.3. The fraction of sp³-hybridized carbons (Fsp3) is 0.160. The third-order valence-electron chi connectivity index (χ3n) is 4.98. The molecule has 0 saturated carbocycles. The molecule has 0 saturated heterocycles. The van der Waals surface area contributed by atoms with Crippen molar-refractivity contribution in [3.63, 3.8) is 0 Å². The topological polar surface area (TPSA) is 107 Å². The first-order chi connectivity index (χ1) is 16.9. The van der Waals surface area contributed by atoms with Crippen LogP contribution in [0.15, 0.2) is 73.0 Å². The van der Waals surface area contributed by atoms with Gasteiger partial charge in [-0.05, 0) is 23.3 Å². The highest BCUT2D eigenvalue weighted by molar-refractivity contribution is 5.96. The van der Waals surface area contributed by atoms with Gasteiger partial charge in [-0.15, -0.1) is 0 Å². The molecule has 3 aromatic rings. The van der Waals surface area contributed by atoms with Crippen molar-refractivity contribution in [2.75, 3.05) is 0 Å². The number of hydrogen-bond donors (Lipinski definition) is 2. The summed E-state index contributed by atoms with van der Waals surface area (Å²) in [5.74, 6) is -3.58. The summed E-state index contributed by atoms with van der Waals surface area (Å²) in [6, 6.07) is 14.3. The first-order valence-electron chi connectivity index (χ1n) is 10.5. The lowest BCUT2D eigenvalue weighted by molar-refractivity contribution is -0.136. The van der Waals surface area contributed by atoms with Crippen LogP contribution in [0.2, 0.25) is 0 Å². The minimum Gasteiger partial charge on any atom is -0.481 e. The van der Waals surface area contributed by atoms with E-state index in [-0.39, 0.29) is 41.5 Å². The molecule has 0 aliphatic carbocycles. The number of benzene rings is 2. The molecule has 0 radical (unpaired) electrons. The second-order valence-corrected chi connectivity index (χ2v) is 7.60. The number of carboxylic acids is 1. The molecule has 10 heteroatoms. The Morgan fingerprint density at radius 3 is 2.63 bits per heavy atom. The summed E-state index contributed by atoms with van der Waals surface area (Å²) >= 11 is 0. The summed E-state index contributed by atoms with van der Waals surface area (Å²) in [7, 11) is 0. The zero-order chi connectivity index (χ0) is 24.8. The Labute approximate surface area is 198 Å². The maximum absolute atomic E-state index is 14.3. The Kier molecular flexibility index (Phi) is 7.20. The second-order valence-electron chi connectivity index (χ2n) is 7.60. The molecule has 2 aromatic carbocycles. The zero-order valence-corrected chi connectivity index (χ0v) is 18.2. The van der Waals surface area contributed by atoms with Gasteiger partial charge in [0, 0.05) is 18.5 Å². The average Bonchev–Trinajstić information content (AvgIpc) is 3.26. The molecule has 1 aliphatic rings. The normalized spacial score (nSPS) is 14.5. The van der Waals surface area contributed by atoms with E-state index in [1.54, 1.807) is 0 Å². The molecular formula is C25H20F2N2O6. The van der Waals surface area contributed by atoms with E-state index in [9.17, 15) is 18.4 Å². The number of aromatic nitrogens is 1. The predicted octanol–water partition coefficient (Wildman–Crippen LogP) is 3.71. The number of nitrogens with one attached hydrogen (secondary N) is 1. The van der Waals surface area contributed by atoms with Gasteiger partial charge in [-0.2, -0.15) is 0 Å². The lowest BCUT2D eigenvalue weighted by Crippen LogP contribution is -2.24. The van der Waals surface area contributed by atoms with Gasteiger partial charge in [0.15, 0.2) is 6.26 Å². The highest BCUT2D eigenvalue weighted by Crippen LogP contribution is 2.24. The molecule has 8 nitrogen and oxygen atoms in total. The van der Waals surface area contributed by atoms with Crippen molar-refractivity contribution in [2.24, 2.45) is 0 Å². The quantitative estimate of drug-likeness (QED) is 0.479. The third-order valence-corrected chi connectivity index (χ3v) is 4.98. The number of carboxylic acid groups (broad SMARTS) is 1. The first-order valence-corrected chi connectivity index (χ1v) is 10.5. The molecule has 1 atom stereocenters. The van der Waals surface area contributed by atoms with Crippen LogP contribution in [0.1, 0.15) is 27.0 Å². The van der Waals surface area contributed by atoms with Crippen molar-refractivity contribution >= 4 is 11.9 Å². The molecule has 1 aliphatic heterocycles. The Bertz CT molecular complexity index is 1270. The van der Waals surface area contributed by atoms with E-state index in [1.807, 2.05) is 30.3 Å². The van der Waals surface area contributed by atoms with Crippen LogP contribution in [0.25, 0.3) is 0 Å². The van der Waals surface area contributed by atoms with Crippen molar-refractivity contribution in [2.45, 2.75) is 25.7 Å². The Balaban J connectivity index is 1.39. The lowest BCUT2D eigenvalue weighted by Gasteiger charge is -2.13. The molecule has 1 unspecified atom stereocenters. The van der Waals surface area contributed by atoms with Crippen LogP contribution in [-0.2, 0) is 33.7 Å². The molecule has 2 N–H and O–H groups in total. The number of carbonyl (C=O) groups excluding carboxylic acids is 1. The number of aliphatic carboxylic acids is 1. The van der Waals surface area contributed by atoms with Gasteiger partial charge >= 0.3 is 11.9 Å². The third kappa shape index (κ3) is 6.32. The van der Waals surface area contributed by atoms with Gasteiger partial charge in [0.05, 0.1) is 12.6 Å². The molecule has 0 spiro atoms. The Morgan fingerprint density at radius 1 is 1.09 bits per heavy atom. The maximum atomic E-state index is 14.3. The van der Waals surface area contributed by atoms with Gasteiger partial charge in [0.25, 0.3) is 5.91 Å². The van der Waals surface area contributed by atoms with Crippen LogP contribution in [0.4, 0.5) is 8.78 Å². The molecule has 180 valence electrons. The zero-order valence-electron chi connectivity index (χ0n) is 18.2. The molecule has 2 heterocycles. The van der Waals surface area contributed by atoms with E-state index in [1.165, 1.54) is 18.4 Å². The summed E-state index contributed by atoms with van der Waals surface area (Å²) in [5.41, 5.74) is 1.16. The van der Waals surface area contributed by atoms with E-state index in [4.69, 9.17) is 19.3 Å². The average molecular weight is 482 g/mol. The number of hydrogen-bond acceptors (Lipinski definition) is 6. The number of amides is 1. The SMILES string of the molecule is O=C(O)Cc1ccc(CNC(=O)c2cc(F)cnc2OC2=COC(Cc3ccccc3)O2)c(F)c1. The molecule has 0 bridgehead atoms.